The highest BCUT2D eigenvalue weighted by molar-refractivity contribution is 5.99. The number of aliphatic carboxylic acids is 1. The van der Waals surface area contributed by atoms with Gasteiger partial charge in [-0.05, 0) is 30.4 Å². The van der Waals surface area contributed by atoms with Gasteiger partial charge in [0.15, 0.2) is 0 Å². The minimum atomic E-state index is -1.01. The number of carboxylic acids is 1. The molecule has 0 saturated carbocycles. The van der Waals surface area contributed by atoms with E-state index in [-0.39, 0.29) is 5.41 Å². The van der Waals surface area contributed by atoms with Crippen LogP contribution in [0.5, 0.6) is 0 Å². The Kier molecular flexibility index (Phi) is 4.54. The standard InChI is InChI=1S/C17H22N2O3/c1-17(2,3)9-8-13(16(21)22)19-15(20)14-10-11-6-4-5-7-12(11)18-14/h4-7,10,13,18H,8-9H2,1-3H3,(H,19,20)(H,21,22). The average Bonchev–Trinajstić information content (AvgIpc) is 2.85. The summed E-state index contributed by atoms with van der Waals surface area (Å²) in [5.41, 5.74) is 1.26. The van der Waals surface area contributed by atoms with Gasteiger partial charge in [0, 0.05) is 10.9 Å². The number of benzene rings is 1. The zero-order valence-corrected chi connectivity index (χ0v) is 13.1. The number of H-pyrrole nitrogens is 1. The molecule has 1 amide bonds. The van der Waals surface area contributed by atoms with Crippen LogP contribution in [0, 0.1) is 5.41 Å². The zero-order chi connectivity index (χ0) is 16.3. The number of carbonyl (C=O) groups is 2. The van der Waals surface area contributed by atoms with E-state index in [9.17, 15) is 14.7 Å². The van der Waals surface area contributed by atoms with E-state index in [1.165, 1.54) is 0 Å². The first-order valence-electron chi connectivity index (χ1n) is 7.38. The van der Waals surface area contributed by atoms with Gasteiger partial charge < -0.3 is 15.4 Å². The molecule has 5 heteroatoms. The second-order valence-electron chi connectivity index (χ2n) is 6.73. The fraction of sp³-hybridized carbons (Fsp3) is 0.412. The van der Waals surface area contributed by atoms with Crippen LogP contribution in [0.2, 0.25) is 0 Å². The number of fused-ring (bicyclic) bond motifs is 1. The Bertz CT molecular complexity index is 650. The lowest BCUT2D eigenvalue weighted by atomic mass is 9.88. The lowest BCUT2D eigenvalue weighted by Crippen LogP contribution is -2.41. The highest BCUT2D eigenvalue weighted by Crippen LogP contribution is 2.22. The fourth-order valence-electron chi connectivity index (χ4n) is 2.27. The minimum Gasteiger partial charge on any atom is -0.480 e. The van der Waals surface area contributed by atoms with Crippen LogP contribution in [0.15, 0.2) is 30.3 Å². The lowest BCUT2D eigenvalue weighted by Gasteiger charge is -2.21. The molecule has 2 aromatic rings. The maximum atomic E-state index is 12.2. The third-order valence-corrected chi connectivity index (χ3v) is 3.56. The summed E-state index contributed by atoms with van der Waals surface area (Å²) < 4.78 is 0. The van der Waals surface area contributed by atoms with E-state index < -0.39 is 17.9 Å². The summed E-state index contributed by atoms with van der Waals surface area (Å²) in [5.74, 6) is -1.40. The van der Waals surface area contributed by atoms with Crippen LogP contribution in [-0.2, 0) is 4.79 Å². The molecule has 0 fully saturated rings. The number of carboxylic acid groups (broad SMARTS) is 1. The molecule has 1 aromatic carbocycles. The SMILES string of the molecule is CC(C)(C)CCC(NC(=O)c1cc2ccccc2[nH]1)C(=O)O. The van der Waals surface area contributed by atoms with Crippen LogP contribution >= 0.6 is 0 Å². The van der Waals surface area contributed by atoms with Gasteiger partial charge >= 0.3 is 5.97 Å². The van der Waals surface area contributed by atoms with Crippen LogP contribution < -0.4 is 5.32 Å². The summed E-state index contributed by atoms with van der Waals surface area (Å²) in [6.07, 6.45) is 1.13. The Morgan fingerprint density at radius 1 is 1.27 bits per heavy atom. The molecule has 1 heterocycles. The average molecular weight is 302 g/mol. The number of aromatic nitrogens is 1. The molecule has 0 radical (unpaired) electrons. The van der Waals surface area contributed by atoms with Gasteiger partial charge in [-0.2, -0.15) is 0 Å². The van der Waals surface area contributed by atoms with Gasteiger partial charge in [-0.15, -0.1) is 0 Å². The summed E-state index contributed by atoms with van der Waals surface area (Å²) >= 11 is 0. The van der Waals surface area contributed by atoms with Crippen molar-refractivity contribution in [2.24, 2.45) is 5.41 Å². The van der Waals surface area contributed by atoms with Crippen molar-refractivity contribution in [1.29, 1.82) is 0 Å². The van der Waals surface area contributed by atoms with Crippen molar-refractivity contribution in [3.8, 4) is 0 Å². The number of nitrogens with one attached hydrogen (secondary N) is 2. The van der Waals surface area contributed by atoms with E-state index in [0.717, 1.165) is 17.3 Å². The summed E-state index contributed by atoms with van der Waals surface area (Å²) in [6, 6.07) is 8.40. The molecule has 22 heavy (non-hydrogen) atoms. The number of rotatable bonds is 5. The first kappa shape index (κ1) is 16.1. The molecule has 0 aliphatic carbocycles. The zero-order valence-electron chi connectivity index (χ0n) is 13.1. The molecule has 0 spiro atoms. The minimum absolute atomic E-state index is 0.0273. The molecule has 1 unspecified atom stereocenters. The van der Waals surface area contributed by atoms with E-state index >= 15 is 0 Å². The van der Waals surface area contributed by atoms with Crippen LogP contribution in [0.1, 0.15) is 44.1 Å². The summed E-state index contributed by atoms with van der Waals surface area (Å²) in [6.45, 7) is 6.14. The molecule has 1 aromatic heterocycles. The first-order chi connectivity index (χ1) is 10.3. The summed E-state index contributed by atoms with van der Waals surface area (Å²) in [7, 11) is 0. The lowest BCUT2D eigenvalue weighted by molar-refractivity contribution is -0.139. The topological polar surface area (TPSA) is 82.2 Å². The Morgan fingerprint density at radius 2 is 1.95 bits per heavy atom. The van der Waals surface area contributed by atoms with Gasteiger partial charge in [0.05, 0.1) is 0 Å². The normalized spacial score (nSPS) is 13.0. The number of amides is 1. The van der Waals surface area contributed by atoms with Crippen molar-refractivity contribution < 1.29 is 14.7 Å². The third kappa shape index (κ3) is 4.10. The van der Waals surface area contributed by atoms with Crippen LogP contribution in [0.25, 0.3) is 10.9 Å². The van der Waals surface area contributed by atoms with Crippen molar-refractivity contribution in [1.82, 2.24) is 10.3 Å². The molecule has 0 saturated heterocycles. The highest BCUT2D eigenvalue weighted by atomic mass is 16.4. The molecule has 3 N–H and O–H groups in total. The van der Waals surface area contributed by atoms with Gasteiger partial charge in [0.1, 0.15) is 11.7 Å². The number of hydrogen-bond donors (Lipinski definition) is 3. The molecule has 0 aliphatic rings. The molecular formula is C17H22N2O3. The van der Waals surface area contributed by atoms with Gasteiger partial charge in [-0.25, -0.2) is 4.79 Å². The monoisotopic (exact) mass is 302 g/mol. The highest BCUT2D eigenvalue weighted by Gasteiger charge is 2.23. The molecule has 5 nitrogen and oxygen atoms in total. The molecule has 0 bridgehead atoms. The molecular weight excluding hydrogens is 280 g/mol. The number of aromatic amines is 1. The first-order valence-corrected chi connectivity index (χ1v) is 7.38. The Labute approximate surface area is 129 Å². The molecule has 0 aliphatic heterocycles. The second kappa shape index (κ2) is 6.22. The summed E-state index contributed by atoms with van der Waals surface area (Å²) in [4.78, 5) is 26.6. The van der Waals surface area contributed by atoms with Crippen LogP contribution in [0.3, 0.4) is 0 Å². The van der Waals surface area contributed by atoms with E-state index in [0.29, 0.717) is 12.1 Å². The van der Waals surface area contributed by atoms with Crippen LogP contribution in [0.4, 0.5) is 0 Å². The maximum absolute atomic E-state index is 12.2. The van der Waals surface area contributed by atoms with E-state index in [2.05, 4.69) is 10.3 Å². The summed E-state index contributed by atoms with van der Waals surface area (Å²) in [5, 5.41) is 12.8. The van der Waals surface area contributed by atoms with Crippen molar-refractivity contribution in [2.75, 3.05) is 0 Å². The van der Waals surface area contributed by atoms with Gasteiger partial charge in [0.25, 0.3) is 5.91 Å². The van der Waals surface area contributed by atoms with E-state index in [1.54, 1.807) is 6.07 Å². The van der Waals surface area contributed by atoms with Crippen molar-refractivity contribution in [3.63, 3.8) is 0 Å². The maximum Gasteiger partial charge on any atom is 0.326 e. The molecule has 118 valence electrons. The largest absolute Gasteiger partial charge is 0.480 e. The predicted molar refractivity (Wildman–Crippen MR) is 85.9 cm³/mol. The van der Waals surface area contributed by atoms with Gasteiger partial charge in [-0.3, -0.25) is 4.79 Å². The predicted octanol–water partition coefficient (Wildman–Crippen LogP) is 3.18. The molecule has 1 atom stereocenters. The number of hydrogen-bond acceptors (Lipinski definition) is 2. The number of para-hydroxylation sites is 1. The van der Waals surface area contributed by atoms with E-state index in [4.69, 9.17) is 0 Å². The number of carbonyl (C=O) groups excluding carboxylic acids is 1. The fourth-order valence-corrected chi connectivity index (χ4v) is 2.27. The second-order valence-corrected chi connectivity index (χ2v) is 6.73. The molecule has 2 rings (SSSR count). The smallest absolute Gasteiger partial charge is 0.326 e. The third-order valence-electron chi connectivity index (χ3n) is 3.56. The van der Waals surface area contributed by atoms with Gasteiger partial charge in [0.2, 0.25) is 0 Å². The van der Waals surface area contributed by atoms with E-state index in [1.807, 2.05) is 45.0 Å². The Hall–Kier alpha value is -2.30. The van der Waals surface area contributed by atoms with Crippen molar-refractivity contribution in [3.05, 3.63) is 36.0 Å². The quantitative estimate of drug-likeness (QED) is 0.793. The Balaban J connectivity index is 2.08. The van der Waals surface area contributed by atoms with Crippen molar-refractivity contribution >= 4 is 22.8 Å². The van der Waals surface area contributed by atoms with Crippen molar-refractivity contribution in [2.45, 2.75) is 39.7 Å². The van der Waals surface area contributed by atoms with Crippen LogP contribution in [-0.4, -0.2) is 28.0 Å². The van der Waals surface area contributed by atoms with Gasteiger partial charge in [-0.1, -0.05) is 39.0 Å². The Morgan fingerprint density at radius 3 is 2.55 bits per heavy atom.